The second kappa shape index (κ2) is 8.01. The third-order valence-electron chi connectivity index (χ3n) is 5.79. The number of carbonyl (C=O) groups excluding carboxylic acids is 2. The van der Waals surface area contributed by atoms with Crippen LogP contribution in [-0.2, 0) is 23.8 Å². The van der Waals surface area contributed by atoms with Gasteiger partial charge in [-0.15, -0.1) is 0 Å². The Morgan fingerprint density at radius 1 is 1.30 bits per heavy atom. The maximum Gasteiger partial charge on any atom is 0.334 e. The molecule has 0 aromatic carbocycles. The van der Waals surface area contributed by atoms with E-state index < -0.39 is 5.60 Å². The number of hydrogen-bond acceptors (Lipinski definition) is 5. The summed E-state index contributed by atoms with van der Waals surface area (Å²) in [6.45, 7) is 6.60. The topological polar surface area (TPSA) is 61.8 Å². The maximum absolute atomic E-state index is 11.5. The molecule has 3 rings (SSSR count). The maximum atomic E-state index is 11.5. The zero-order valence-electron chi connectivity index (χ0n) is 16.6. The number of esters is 2. The van der Waals surface area contributed by atoms with E-state index in [-0.39, 0.29) is 23.6 Å². The van der Waals surface area contributed by atoms with Gasteiger partial charge >= 0.3 is 11.9 Å². The third kappa shape index (κ3) is 4.89. The molecule has 27 heavy (non-hydrogen) atoms. The van der Waals surface area contributed by atoms with E-state index in [9.17, 15) is 9.59 Å². The fourth-order valence-corrected chi connectivity index (χ4v) is 4.00. The lowest BCUT2D eigenvalue weighted by Crippen LogP contribution is -2.40. The molecule has 3 aliphatic heterocycles. The first-order valence-electron chi connectivity index (χ1n) is 9.89. The predicted octanol–water partition coefficient (Wildman–Crippen LogP) is 4.18. The summed E-state index contributed by atoms with van der Waals surface area (Å²) in [6.07, 6.45) is 13.8. The summed E-state index contributed by atoms with van der Waals surface area (Å²) in [5, 5.41) is 0. The molecule has 5 heteroatoms. The van der Waals surface area contributed by atoms with Crippen LogP contribution in [0.1, 0.15) is 65.7 Å². The van der Waals surface area contributed by atoms with Crippen LogP contribution >= 0.6 is 0 Å². The summed E-state index contributed by atoms with van der Waals surface area (Å²) in [6, 6.07) is 0. The molecule has 0 radical (unpaired) electrons. The first kappa shape index (κ1) is 19.9. The van der Waals surface area contributed by atoms with Crippen LogP contribution in [0, 0.1) is 0 Å². The first-order chi connectivity index (χ1) is 12.8. The van der Waals surface area contributed by atoms with Gasteiger partial charge in [0.1, 0.15) is 12.2 Å². The molecule has 0 aromatic heterocycles. The minimum Gasteiger partial charge on any atom is -0.458 e. The van der Waals surface area contributed by atoms with Crippen LogP contribution in [0.4, 0.5) is 0 Å². The van der Waals surface area contributed by atoms with Crippen LogP contribution in [0.15, 0.2) is 35.5 Å². The largest absolute Gasteiger partial charge is 0.458 e. The second-order valence-corrected chi connectivity index (χ2v) is 8.27. The Labute approximate surface area is 161 Å². The SMILES string of the molecule is CC(=CCCC1=CCOC1=O)CC=CC1(C)CCC(C2(C)CCC(=O)O2)O1. The van der Waals surface area contributed by atoms with Crippen molar-refractivity contribution in [2.75, 3.05) is 6.61 Å². The van der Waals surface area contributed by atoms with Gasteiger partial charge in [-0.3, -0.25) is 4.79 Å². The predicted molar refractivity (Wildman–Crippen MR) is 102 cm³/mol. The Morgan fingerprint density at radius 3 is 2.78 bits per heavy atom. The van der Waals surface area contributed by atoms with Gasteiger partial charge in [0.15, 0.2) is 0 Å². The van der Waals surface area contributed by atoms with Crippen LogP contribution in [-0.4, -0.2) is 35.9 Å². The average molecular weight is 374 g/mol. The summed E-state index contributed by atoms with van der Waals surface area (Å²) < 4.78 is 16.7. The molecule has 148 valence electrons. The summed E-state index contributed by atoms with van der Waals surface area (Å²) >= 11 is 0. The van der Waals surface area contributed by atoms with E-state index >= 15 is 0 Å². The average Bonchev–Trinajstić information content (AvgIpc) is 3.29. The van der Waals surface area contributed by atoms with Gasteiger partial charge in [0.05, 0.1) is 11.7 Å². The Kier molecular flexibility index (Phi) is 5.89. The molecule has 0 aliphatic carbocycles. The lowest BCUT2D eigenvalue weighted by molar-refractivity contribution is -0.162. The highest BCUT2D eigenvalue weighted by molar-refractivity contribution is 5.90. The van der Waals surface area contributed by atoms with Crippen LogP contribution in [0.2, 0.25) is 0 Å². The van der Waals surface area contributed by atoms with Crippen LogP contribution < -0.4 is 0 Å². The standard InChI is InChI=1S/C22H30O5/c1-16(6-4-8-17-11-15-25-20(17)24)7-5-12-21(2)13-9-18(26-21)22(3)14-10-19(23)27-22/h5-6,11-12,18H,4,7-10,13-15H2,1-3H3. The highest BCUT2D eigenvalue weighted by Gasteiger charge is 2.49. The van der Waals surface area contributed by atoms with E-state index in [1.807, 2.05) is 13.0 Å². The Hall–Kier alpha value is -1.88. The molecule has 3 atom stereocenters. The van der Waals surface area contributed by atoms with Gasteiger partial charge in [-0.05, 0) is 65.4 Å². The van der Waals surface area contributed by atoms with Crippen molar-refractivity contribution in [2.45, 2.75) is 83.0 Å². The summed E-state index contributed by atoms with van der Waals surface area (Å²) in [7, 11) is 0. The third-order valence-corrected chi connectivity index (χ3v) is 5.79. The van der Waals surface area contributed by atoms with E-state index in [2.05, 4.69) is 32.1 Å². The highest BCUT2D eigenvalue weighted by Crippen LogP contribution is 2.42. The minimum absolute atomic E-state index is 0.0327. The second-order valence-electron chi connectivity index (χ2n) is 8.27. The van der Waals surface area contributed by atoms with Crippen LogP contribution in [0.25, 0.3) is 0 Å². The molecule has 2 saturated heterocycles. The fourth-order valence-electron chi connectivity index (χ4n) is 4.00. The van der Waals surface area contributed by atoms with Crippen molar-refractivity contribution in [3.8, 4) is 0 Å². The lowest BCUT2D eigenvalue weighted by Gasteiger charge is -2.31. The molecular formula is C22H30O5. The zero-order valence-corrected chi connectivity index (χ0v) is 16.6. The normalized spacial score (nSPS) is 34.3. The summed E-state index contributed by atoms with van der Waals surface area (Å²) in [4.78, 5) is 22.9. The van der Waals surface area contributed by atoms with Crippen LogP contribution in [0.5, 0.6) is 0 Å². The van der Waals surface area contributed by atoms with Gasteiger partial charge in [-0.25, -0.2) is 4.79 Å². The van der Waals surface area contributed by atoms with E-state index in [0.29, 0.717) is 13.0 Å². The Balaban J connectivity index is 1.45. The van der Waals surface area contributed by atoms with Crippen molar-refractivity contribution in [1.82, 2.24) is 0 Å². The molecular weight excluding hydrogens is 344 g/mol. The van der Waals surface area contributed by atoms with E-state index in [1.54, 1.807) is 0 Å². The number of cyclic esters (lactones) is 2. The van der Waals surface area contributed by atoms with Gasteiger partial charge in [-0.1, -0.05) is 23.8 Å². The quantitative estimate of drug-likeness (QED) is 0.494. The molecule has 3 aliphatic rings. The molecule has 0 saturated carbocycles. The van der Waals surface area contributed by atoms with Crippen molar-refractivity contribution in [3.63, 3.8) is 0 Å². The zero-order chi connectivity index (χ0) is 19.5. The fraction of sp³-hybridized carbons (Fsp3) is 0.636. The highest BCUT2D eigenvalue weighted by atomic mass is 16.6. The Morgan fingerprint density at radius 2 is 2.11 bits per heavy atom. The van der Waals surface area contributed by atoms with E-state index in [1.165, 1.54) is 5.57 Å². The van der Waals surface area contributed by atoms with Crippen molar-refractivity contribution in [1.29, 1.82) is 0 Å². The summed E-state index contributed by atoms with van der Waals surface area (Å²) in [5.41, 5.74) is 1.28. The molecule has 0 bridgehead atoms. The first-order valence-corrected chi connectivity index (χ1v) is 9.89. The molecule has 0 N–H and O–H groups in total. The van der Waals surface area contributed by atoms with Gasteiger partial charge in [0.2, 0.25) is 0 Å². The summed E-state index contributed by atoms with van der Waals surface area (Å²) in [5.74, 6) is -0.295. The smallest absolute Gasteiger partial charge is 0.334 e. The number of rotatable bonds is 7. The number of ether oxygens (including phenoxy) is 3. The van der Waals surface area contributed by atoms with Crippen molar-refractivity contribution in [2.24, 2.45) is 0 Å². The lowest BCUT2D eigenvalue weighted by atomic mass is 9.92. The minimum atomic E-state index is -0.478. The van der Waals surface area contributed by atoms with E-state index in [0.717, 1.165) is 44.1 Å². The van der Waals surface area contributed by atoms with Crippen LogP contribution in [0.3, 0.4) is 0 Å². The van der Waals surface area contributed by atoms with Crippen molar-refractivity contribution < 1.29 is 23.8 Å². The van der Waals surface area contributed by atoms with Gasteiger partial charge in [0.25, 0.3) is 0 Å². The number of carbonyl (C=O) groups is 2. The molecule has 3 heterocycles. The number of allylic oxidation sites excluding steroid dienone is 3. The molecule has 0 aromatic rings. The monoisotopic (exact) mass is 374 g/mol. The van der Waals surface area contributed by atoms with Gasteiger partial charge < -0.3 is 14.2 Å². The number of hydrogen-bond donors (Lipinski definition) is 0. The van der Waals surface area contributed by atoms with Crippen molar-refractivity contribution in [3.05, 3.63) is 35.5 Å². The molecule has 0 spiro atoms. The van der Waals surface area contributed by atoms with Gasteiger partial charge in [0, 0.05) is 12.0 Å². The molecule has 2 fully saturated rings. The molecule has 5 nitrogen and oxygen atoms in total. The van der Waals surface area contributed by atoms with Gasteiger partial charge in [-0.2, -0.15) is 0 Å². The molecule has 3 unspecified atom stereocenters. The molecule has 0 amide bonds. The van der Waals surface area contributed by atoms with Crippen molar-refractivity contribution >= 4 is 11.9 Å². The Bertz CT molecular complexity index is 689. The van der Waals surface area contributed by atoms with E-state index in [4.69, 9.17) is 14.2 Å².